The van der Waals surface area contributed by atoms with E-state index in [-0.39, 0.29) is 29.6 Å². The summed E-state index contributed by atoms with van der Waals surface area (Å²) in [5.41, 5.74) is 1.28. The van der Waals surface area contributed by atoms with Crippen LogP contribution in [0.3, 0.4) is 0 Å². The van der Waals surface area contributed by atoms with E-state index in [4.69, 9.17) is 0 Å². The van der Waals surface area contributed by atoms with Crippen LogP contribution in [0.4, 0.5) is 0 Å². The number of benzene rings is 1. The Bertz CT molecular complexity index is 573. The molecule has 1 aromatic rings. The number of halogens is 1. The molecule has 0 unspecified atom stereocenters. The first kappa shape index (κ1) is 21.5. The number of hydrogen-bond donors (Lipinski definition) is 2. The lowest BCUT2D eigenvalue weighted by Crippen LogP contribution is -2.43. The molecule has 5 nitrogen and oxygen atoms in total. The van der Waals surface area contributed by atoms with Gasteiger partial charge in [-0.25, -0.2) is 0 Å². The van der Waals surface area contributed by atoms with Crippen molar-refractivity contribution in [3.05, 3.63) is 35.4 Å². The average molecular weight is 368 g/mol. The monoisotopic (exact) mass is 367 g/mol. The Labute approximate surface area is 157 Å². The second-order valence-corrected chi connectivity index (χ2v) is 7.68. The molecule has 0 aromatic heterocycles. The SMILES string of the molecule is CNC1CCN(C(=O)c2ccc(C(=O)NCC(C)(C)C)cc2)CC1.Cl. The molecule has 25 heavy (non-hydrogen) atoms. The molecule has 0 bridgehead atoms. The number of amides is 2. The molecule has 1 aromatic carbocycles. The molecule has 140 valence electrons. The molecule has 6 heteroatoms. The molecular formula is C19H30ClN3O2. The zero-order valence-electron chi connectivity index (χ0n) is 15.6. The molecule has 0 radical (unpaired) electrons. The number of carbonyl (C=O) groups excluding carboxylic acids is 2. The lowest BCUT2D eigenvalue weighted by molar-refractivity contribution is 0.0707. The maximum Gasteiger partial charge on any atom is 0.253 e. The number of nitrogens with zero attached hydrogens (tertiary/aromatic N) is 1. The van der Waals surface area contributed by atoms with E-state index in [0.29, 0.717) is 23.7 Å². The normalized spacial score (nSPS) is 15.4. The Morgan fingerprint density at radius 3 is 2.08 bits per heavy atom. The number of hydrogen-bond acceptors (Lipinski definition) is 3. The largest absolute Gasteiger partial charge is 0.352 e. The maximum atomic E-state index is 12.5. The van der Waals surface area contributed by atoms with Crippen LogP contribution in [-0.4, -0.2) is 49.4 Å². The van der Waals surface area contributed by atoms with Crippen LogP contribution in [0.15, 0.2) is 24.3 Å². The van der Waals surface area contributed by atoms with Crippen LogP contribution in [0.1, 0.15) is 54.3 Å². The number of carbonyl (C=O) groups is 2. The smallest absolute Gasteiger partial charge is 0.253 e. The molecule has 2 rings (SSSR count). The van der Waals surface area contributed by atoms with E-state index in [1.807, 2.05) is 11.9 Å². The van der Waals surface area contributed by atoms with E-state index in [0.717, 1.165) is 25.9 Å². The standard InChI is InChI=1S/C19H29N3O2.ClH/c1-19(2,3)13-21-17(23)14-5-7-15(8-6-14)18(24)22-11-9-16(20-4)10-12-22;/h5-8,16,20H,9-13H2,1-4H3,(H,21,23);1H. The highest BCUT2D eigenvalue weighted by Gasteiger charge is 2.22. The molecule has 1 aliphatic heterocycles. The van der Waals surface area contributed by atoms with E-state index >= 15 is 0 Å². The molecular weight excluding hydrogens is 338 g/mol. The first-order valence-corrected chi connectivity index (χ1v) is 8.65. The fourth-order valence-corrected chi connectivity index (χ4v) is 2.77. The predicted octanol–water partition coefficient (Wildman–Crippen LogP) is 2.71. The van der Waals surface area contributed by atoms with Gasteiger partial charge in [0, 0.05) is 36.8 Å². The first-order valence-electron chi connectivity index (χ1n) is 8.65. The summed E-state index contributed by atoms with van der Waals surface area (Å²) in [5, 5.41) is 6.18. The molecule has 1 fully saturated rings. The summed E-state index contributed by atoms with van der Waals surface area (Å²) >= 11 is 0. The number of likely N-dealkylation sites (tertiary alicyclic amines) is 1. The maximum absolute atomic E-state index is 12.5. The molecule has 2 N–H and O–H groups in total. The van der Waals surface area contributed by atoms with Gasteiger partial charge >= 0.3 is 0 Å². The van der Waals surface area contributed by atoms with Gasteiger partial charge in [0.2, 0.25) is 0 Å². The Hall–Kier alpha value is -1.59. The summed E-state index contributed by atoms with van der Waals surface area (Å²) in [4.78, 5) is 26.6. The van der Waals surface area contributed by atoms with Crippen molar-refractivity contribution in [1.29, 1.82) is 0 Å². The summed E-state index contributed by atoms with van der Waals surface area (Å²) in [6.45, 7) is 8.40. The minimum Gasteiger partial charge on any atom is -0.352 e. The summed E-state index contributed by atoms with van der Waals surface area (Å²) in [7, 11) is 1.96. The van der Waals surface area contributed by atoms with Crippen LogP contribution in [0.25, 0.3) is 0 Å². The van der Waals surface area contributed by atoms with Crippen molar-refractivity contribution in [1.82, 2.24) is 15.5 Å². The molecule has 1 heterocycles. The van der Waals surface area contributed by atoms with Crippen LogP contribution >= 0.6 is 12.4 Å². The van der Waals surface area contributed by atoms with Gasteiger partial charge in [-0.05, 0) is 49.6 Å². The van der Waals surface area contributed by atoms with Gasteiger partial charge in [-0.15, -0.1) is 12.4 Å². The Balaban J connectivity index is 0.00000312. The Kier molecular flexibility index (Phi) is 7.90. The third kappa shape index (κ3) is 6.33. The minimum absolute atomic E-state index is 0. The van der Waals surface area contributed by atoms with Crippen molar-refractivity contribution in [3.8, 4) is 0 Å². The van der Waals surface area contributed by atoms with Crippen LogP contribution in [0, 0.1) is 5.41 Å². The molecule has 0 atom stereocenters. The fraction of sp³-hybridized carbons (Fsp3) is 0.579. The van der Waals surface area contributed by atoms with Gasteiger partial charge in [-0.3, -0.25) is 9.59 Å². The van der Waals surface area contributed by atoms with E-state index in [9.17, 15) is 9.59 Å². The number of nitrogens with one attached hydrogen (secondary N) is 2. The lowest BCUT2D eigenvalue weighted by Gasteiger charge is -2.31. The van der Waals surface area contributed by atoms with Gasteiger partial charge in [0.25, 0.3) is 11.8 Å². The number of piperidine rings is 1. The van der Waals surface area contributed by atoms with E-state index < -0.39 is 0 Å². The van der Waals surface area contributed by atoms with Crippen LogP contribution in [-0.2, 0) is 0 Å². The fourth-order valence-electron chi connectivity index (χ4n) is 2.77. The van der Waals surface area contributed by atoms with Crippen molar-refractivity contribution < 1.29 is 9.59 Å². The van der Waals surface area contributed by atoms with Crippen molar-refractivity contribution in [3.63, 3.8) is 0 Å². The van der Waals surface area contributed by atoms with Gasteiger partial charge in [0.05, 0.1) is 0 Å². The summed E-state index contributed by atoms with van der Waals surface area (Å²) < 4.78 is 0. The van der Waals surface area contributed by atoms with Crippen LogP contribution < -0.4 is 10.6 Å². The zero-order chi connectivity index (χ0) is 17.7. The molecule has 2 amide bonds. The van der Waals surface area contributed by atoms with Gasteiger partial charge in [0.15, 0.2) is 0 Å². The van der Waals surface area contributed by atoms with E-state index in [2.05, 4.69) is 31.4 Å². The van der Waals surface area contributed by atoms with Gasteiger partial charge in [-0.1, -0.05) is 20.8 Å². The molecule has 1 saturated heterocycles. The number of rotatable bonds is 4. The highest BCUT2D eigenvalue weighted by atomic mass is 35.5. The molecule has 0 saturated carbocycles. The second-order valence-electron chi connectivity index (χ2n) is 7.68. The minimum atomic E-state index is -0.0984. The third-order valence-electron chi connectivity index (χ3n) is 4.36. The Morgan fingerprint density at radius 1 is 1.08 bits per heavy atom. The molecule has 0 aliphatic carbocycles. The van der Waals surface area contributed by atoms with E-state index in [1.54, 1.807) is 24.3 Å². The summed E-state index contributed by atoms with van der Waals surface area (Å²) in [6.07, 6.45) is 1.96. The van der Waals surface area contributed by atoms with Gasteiger partial charge in [-0.2, -0.15) is 0 Å². The van der Waals surface area contributed by atoms with E-state index in [1.165, 1.54) is 0 Å². The molecule has 1 aliphatic rings. The van der Waals surface area contributed by atoms with Crippen molar-refractivity contribution >= 4 is 24.2 Å². The molecule has 0 spiro atoms. The first-order chi connectivity index (χ1) is 11.3. The highest BCUT2D eigenvalue weighted by molar-refractivity contribution is 5.97. The topological polar surface area (TPSA) is 61.4 Å². The highest BCUT2D eigenvalue weighted by Crippen LogP contribution is 2.15. The van der Waals surface area contributed by atoms with Crippen LogP contribution in [0.2, 0.25) is 0 Å². The predicted molar refractivity (Wildman–Crippen MR) is 103 cm³/mol. The summed E-state index contributed by atoms with van der Waals surface area (Å²) in [5.74, 6) is -0.0510. The average Bonchev–Trinajstić information content (AvgIpc) is 2.58. The zero-order valence-corrected chi connectivity index (χ0v) is 16.4. The van der Waals surface area contributed by atoms with Crippen LogP contribution in [0.5, 0.6) is 0 Å². The quantitative estimate of drug-likeness (QED) is 0.860. The van der Waals surface area contributed by atoms with Crippen molar-refractivity contribution in [2.75, 3.05) is 26.7 Å². The Morgan fingerprint density at radius 2 is 1.60 bits per heavy atom. The summed E-state index contributed by atoms with van der Waals surface area (Å²) in [6, 6.07) is 7.46. The lowest BCUT2D eigenvalue weighted by atomic mass is 9.97. The van der Waals surface area contributed by atoms with Crippen molar-refractivity contribution in [2.45, 2.75) is 39.7 Å². The second kappa shape index (κ2) is 9.20. The third-order valence-corrected chi connectivity index (χ3v) is 4.36. The van der Waals surface area contributed by atoms with Gasteiger partial charge in [0.1, 0.15) is 0 Å². The van der Waals surface area contributed by atoms with Crippen molar-refractivity contribution in [2.24, 2.45) is 5.41 Å². The van der Waals surface area contributed by atoms with Gasteiger partial charge < -0.3 is 15.5 Å².